The molecule has 0 radical (unpaired) electrons. The summed E-state index contributed by atoms with van der Waals surface area (Å²) >= 11 is 0.896. The largest absolute Gasteiger partial charge is 0.462 e. The van der Waals surface area contributed by atoms with E-state index in [1.54, 1.807) is 51.1 Å². The minimum absolute atomic E-state index is 0.0652. The van der Waals surface area contributed by atoms with E-state index in [1.807, 2.05) is 0 Å². The van der Waals surface area contributed by atoms with Gasteiger partial charge in [-0.05, 0) is 31.9 Å². The van der Waals surface area contributed by atoms with Gasteiger partial charge in [-0.3, -0.25) is 4.79 Å². The lowest BCUT2D eigenvalue weighted by atomic mass is 10.1. The highest BCUT2D eigenvalue weighted by Crippen LogP contribution is 2.34. The van der Waals surface area contributed by atoms with E-state index < -0.39 is 27.7 Å². The third-order valence-electron chi connectivity index (χ3n) is 4.21. The van der Waals surface area contributed by atoms with Gasteiger partial charge in [0.25, 0.3) is 0 Å². The van der Waals surface area contributed by atoms with E-state index in [-0.39, 0.29) is 46.6 Å². The Hall–Kier alpha value is -2.72. The summed E-state index contributed by atoms with van der Waals surface area (Å²) in [5.41, 5.74) is 1.05. The molecule has 0 unspecified atom stereocenters. The molecule has 2 aromatic rings. The SMILES string of the molecule is CCOC(=O)c1sc(NC(=O)CCS(=O)(=O)Cc2ccccc2)c(C(=O)OCC)c1C. The summed E-state index contributed by atoms with van der Waals surface area (Å²) < 4.78 is 34.7. The number of carbonyl (C=O) groups excluding carboxylic acids is 3. The van der Waals surface area contributed by atoms with Crippen molar-refractivity contribution in [1.82, 2.24) is 0 Å². The number of rotatable bonds is 10. The molecule has 31 heavy (non-hydrogen) atoms. The molecule has 1 amide bonds. The second kappa shape index (κ2) is 11.1. The third-order valence-corrected chi connectivity index (χ3v) is 7.00. The van der Waals surface area contributed by atoms with Crippen LogP contribution in [-0.4, -0.2) is 45.2 Å². The van der Waals surface area contributed by atoms with E-state index in [0.29, 0.717) is 11.1 Å². The van der Waals surface area contributed by atoms with Crippen LogP contribution in [0.3, 0.4) is 0 Å². The predicted molar refractivity (Wildman–Crippen MR) is 118 cm³/mol. The van der Waals surface area contributed by atoms with Crippen molar-refractivity contribution in [2.75, 3.05) is 24.3 Å². The first-order valence-corrected chi connectivity index (χ1v) is 12.3. The molecule has 1 aromatic carbocycles. The molecule has 2 rings (SSSR count). The molecule has 0 aliphatic rings. The van der Waals surface area contributed by atoms with Gasteiger partial charge in [0.15, 0.2) is 9.84 Å². The number of hydrogen-bond donors (Lipinski definition) is 1. The number of benzene rings is 1. The van der Waals surface area contributed by atoms with Gasteiger partial charge in [-0.1, -0.05) is 30.3 Å². The maximum absolute atomic E-state index is 12.4. The van der Waals surface area contributed by atoms with E-state index in [4.69, 9.17) is 9.47 Å². The van der Waals surface area contributed by atoms with Crippen molar-refractivity contribution in [2.24, 2.45) is 0 Å². The molecule has 0 fully saturated rings. The highest BCUT2D eigenvalue weighted by atomic mass is 32.2. The topological polar surface area (TPSA) is 116 Å². The summed E-state index contributed by atoms with van der Waals surface area (Å²) in [5, 5.41) is 2.68. The van der Waals surface area contributed by atoms with Crippen LogP contribution in [0.5, 0.6) is 0 Å². The number of thiophene rings is 1. The standard InChI is InChI=1S/C21H25NO7S2/c1-4-28-20(24)17-14(3)18(21(25)29-5-2)30-19(17)22-16(23)11-12-31(26,27)13-15-9-7-6-8-10-15/h6-10H,4-5,11-13H2,1-3H3,(H,22,23). The van der Waals surface area contributed by atoms with Gasteiger partial charge in [0.1, 0.15) is 9.88 Å². The van der Waals surface area contributed by atoms with Crippen molar-refractivity contribution < 1.29 is 32.3 Å². The molecule has 1 N–H and O–H groups in total. The molecule has 8 nitrogen and oxygen atoms in total. The number of esters is 2. The Morgan fingerprint density at radius 2 is 1.61 bits per heavy atom. The van der Waals surface area contributed by atoms with Crippen LogP contribution >= 0.6 is 11.3 Å². The minimum Gasteiger partial charge on any atom is -0.462 e. The highest BCUT2D eigenvalue weighted by molar-refractivity contribution is 7.90. The first kappa shape index (κ1) is 24.5. The monoisotopic (exact) mass is 467 g/mol. The Balaban J connectivity index is 2.14. The predicted octanol–water partition coefficient (Wildman–Crippen LogP) is 3.35. The maximum Gasteiger partial charge on any atom is 0.348 e. The van der Waals surface area contributed by atoms with Crippen molar-refractivity contribution in [3.63, 3.8) is 0 Å². The van der Waals surface area contributed by atoms with Crippen molar-refractivity contribution in [3.05, 3.63) is 51.9 Å². The van der Waals surface area contributed by atoms with Crippen LogP contribution < -0.4 is 5.32 Å². The van der Waals surface area contributed by atoms with E-state index in [0.717, 1.165) is 11.3 Å². The van der Waals surface area contributed by atoms with Gasteiger partial charge in [-0.25, -0.2) is 18.0 Å². The first-order valence-electron chi connectivity index (χ1n) is 9.70. The van der Waals surface area contributed by atoms with Gasteiger partial charge >= 0.3 is 11.9 Å². The van der Waals surface area contributed by atoms with Crippen molar-refractivity contribution in [1.29, 1.82) is 0 Å². The Kier molecular flexibility index (Phi) is 8.76. The molecule has 0 bridgehead atoms. The van der Waals surface area contributed by atoms with Gasteiger partial charge in [-0.15, -0.1) is 11.3 Å². The van der Waals surface area contributed by atoms with Crippen LogP contribution in [0.4, 0.5) is 5.00 Å². The normalized spacial score (nSPS) is 11.1. The van der Waals surface area contributed by atoms with Crippen LogP contribution in [0.2, 0.25) is 0 Å². The van der Waals surface area contributed by atoms with Crippen LogP contribution in [0.25, 0.3) is 0 Å². The van der Waals surface area contributed by atoms with Gasteiger partial charge in [0, 0.05) is 6.42 Å². The Morgan fingerprint density at radius 3 is 2.23 bits per heavy atom. The van der Waals surface area contributed by atoms with E-state index in [2.05, 4.69) is 5.32 Å². The smallest absolute Gasteiger partial charge is 0.348 e. The molecule has 0 aliphatic heterocycles. The molecule has 168 valence electrons. The number of ether oxygens (including phenoxy) is 2. The van der Waals surface area contributed by atoms with Crippen molar-refractivity contribution in [2.45, 2.75) is 32.9 Å². The van der Waals surface area contributed by atoms with Gasteiger partial charge in [0.05, 0.1) is 30.3 Å². The van der Waals surface area contributed by atoms with Crippen molar-refractivity contribution in [3.8, 4) is 0 Å². The number of hydrogen-bond acceptors (Lipinski definition) is 8. The molecule has 0 saturated carbocycles. The zero-order valence-corrected chi connectivity index (χ0v) is 19.2. The molecule has 0 atom stereocenters. The first-order chi connectivity index (χ1) is 14.7. The summed E-state index contributed by atoms with van der Waals surface area (Å²) in [6.45, 7) is 5.14. The average Bonchev–Trinajstić information content (AvgIpc) is 3.03. The number of carbonyl (C=O) groups is 3. The number of anilines is 1. The summed E-state index contributed by atoms with van der Waals surface area (Å²) in [5.74, 6) is -2.39. The molecule has 0 saturated heterocycles. The fourth-order valence-electron chi connectivity index (χ4n) is 2.78. The number of amides is 1. The van der Waals surface area contributed by atoms with Gasteiger partial charge < -0.3 is 14.8 Å². The van der Waals surface area contributed by atoms with Gasteiger partial charge in [-0.2, -0.15) is 0 Å². The lowest BCUT2D eigenvalue weighted by Crippen LogP contribution is -2.19. The fraction of sp³-hybridized carbons (Fsp3) is 0.381. The molecule has 1 aromatic heterocycles. The average molecular weight is 468 g/mol. The Morgan fingerprint density at radius 1 is 1.00 bits per heavy atom. The second-order valence-electron chi connectivity index (χ2n) is 6.58. The maximum atomic E-state index is 12.4. The zero-order valence-electron chi connectivity index (χ0n) is 17.6. The summed E-state index contributed by atoms with van der Waals surface area (Å²) in [6.07, 6.45) is -0.289. The highest BCUT2D eigenvalue weighted by Gasteiger charge is 2.27. The fourth-order valence-corrected chi connectivity index (χ4v) is 5.23. The molecule has 10 heteroatoms. The van der Waals surface area contributed by atoms with Crippen molar-refractivity contribution >= 4 is 44.0 Å². The zero-order chi connectivity index (χ0) is 23.0. The lowest BCUT2D eigenvalue weighted by molar-refractivity contribution is -0.115. The number of nitrogens with one attached hydrogen (secondary N) is 1. The summed E-state index contributed by atoms with van der Waals surface area (Å²) in [6, 6.07) is 8.69. The van der Waals surface area contributed by atoms with E-state index in [1.165, 1.54) is 0 Å². The van der Waals surface area contributed by atoms with E-state index >= 15 is 0 Å². The van der Waals surface area contributed by atoms with Gasteiger partial charge in [0.2, 0.25) is 5.91 Å². The molecule has 1 heterocycles. The van der Waals surface area contributed by atoms with E-state index in [9.17, 15) is 22.8 Å². The molecular weight excluding hydrogens is 442 g/mol. The second-order valence-corrected chi connectivity index (χ2v) is 9.78. The summed E-state index contributed by atoms with van der Waals surface area (Å²) in [4.78, 5) is 37.1. The lowest BCUT2D eigenvalue weighted by Gasteiger charge is -2.08. The van der Waals surface area contributed by atoms with Crippen LogP contribution in [0.1, 0.15) is 51.4 Å². The quantitative estimate of drug-likeness (QED) is 0.533. The third kappa shape index (κ3) is 6.90. The Labute approximate surface area is 185 Å². The van der Waals surface area contributed by atoms with Crippen LogP contribution in [-0.2, 0) is 29.9 Å². The molecular formula is C21H25NO7S2. The molecule has 0 aliphatic carbocycles. The Bertz CT molecular complexity index is 1040. The summed E-state index contributed by atoms with van der Waals surface area (Å²) in [7, 11) is -3.50. The molecule has 0 spiro atoms. The van der Waals surface area contributed by atoms with Crippen LogP contribution in [0.15, 0.2) is 30.3 Å². The number of sulfone groups is 1. The van der Waals surface area contributed by atoms with Crippen LogP contribution in [0, 0.1) is 6.92 Å². The minimum atomic E-state index is -3.50.